The van der Waals surface area contributed by atoms with E-state index in [-0.39, 0.29) is 22.6 Å². The number of nitrogens with one attached hydrogen (secondary N) is 1. The molecule has 0 bridgehead atoms. The van der Waals surface area contributed by atoms with E-state index in [1.807, 2.05) is 26.0 Å². The van der Waals surface area contributed by atoms with Gasteiger partial charge in [-0.1, -0.05) is 37.6 Å². The maximum Gasteiger partial charge on any atom is 0.270 e. The zero-order valence-corrected chi connectivity index (χ0v) is 19.9. The topological polar surface area (TPSA) is 108 Å². The lowest BCUT2D eigenvalue weighted by atomic mass is 9.69. The number of hydrogen-bond acceptors (Lipinski definition) is 6. The Morgan fingerprint density at radius 3 is 2.41 bits per heavy atom. The number of halogens is 1. The number of carbonyl (C=O) groups is 2. The summed E-state index contributed by atoms with van der Waals surface area (Å²) in [5, 5.41) is 12.0. The van der Waals surface area contributed by atoms with Crippen LogP contribution < -0.4 is 15.9 Å². The van der Waals surface area contributed by atoms with Gasteiger partial charge in [0, 0.05) is 22.6 Å². The monoisotopic (exact) mass is 476 g/mol. The Labute approximate surface area is 203 Å². The molecule has 2 aliphatic rings. The Morgan fingerprint density at radius 1 is 1.18 bits per heavy atom. The number of amides is 1. The van der Waals surface area contributed by atoms with Gasteiger partial charge in [-0.3, -0.25) is 15.0 Å². The number of carbonyl (C=O) groups excluding carboxylic acids is 2. The second kappa shape index (κ2) is 8.88. The van der Waals surface area contributed by atoms with E-state index in [9.17, 15) is 14.9 Å². The van der Waals surface area contributed by atoms with Crippen molar-refractivity contribution in [1.29, 1.82) is 5.26 Å². The second-order valence-corrected chi connectivity index (χ2v) is 9.64. The van der Waals surface area contributed by atoms with Gasteiger partial charge < -0.3 is 10.5 Å². The minimum atomic E-state index is -0.627. The molecule has 0 saturated heterocycles. The first-order valence-corrected chi connectivity index (χ1v) is 11.2. The van der Waals surface area contributed by atoms with E-state index in [0.717, 1.165) is 5.56 Å². The minimum absolute atomic E-state index is 0.0712. The number of ether oxygens (including phenoxy) is 1. The number of nitrogens with zero attached hydrogens (tertiary/aromatic N) is 2. The molecule has 1 aliphatic carbocycles. The average molecular weight is 477 g/mol. The molecule has 174 valence electrons. The number of rotatable bonds is 4. The summed E-state index contributed by atoms with van der Waals surface area (Å²) >= 11 is 5.94. The van der Waals surface area contributed by atoms with Gasteiger partial charge in [0.25, 0.3) is 5.91 Å². The van der Waals surface area contributed by atoms with Crippen molar-refractivity contribution in [2.24, 2.45) is 11.1 Å². The first-order valence-electron chi connectivity index (χ1n) is 10.8. The highest BCUT2D eigenvalue weighted by molar-refractivity contribution is 6.30. The zero-order chi connectivity index (χ0) is 24.6. The highest BCUT2D eigenvalue weighted by Crippen LogP contribution is 2.48. The van der Waals surface area contributed by atoms with Gasteiger partial charge in [0.15, 0.2) is 5.78 Å². The van der Waals surface area contributed by atoms with Crippen LogP contribution >= 0.6 is 11.6 Å². The molecule has 1 atom stereocenters. The van der Waals surface area contributed by atoms with Crippen molar-refractivity contribution in [3.8, 4) is 11.8 Å². The lowest BCUT2D eigenvalue weighted by Gasteiger charge is -2.43. The second-order valence-electron chi connectivity index (χ2n) is 9.20. The molecule has 7 nitrogen and oxygen atoms in total. The van der Waals surface area contributed by atoms with Crippen LogP contribution in [-0.2, 0) is 4.79 Å². The van der Waals surface area contributed by atoms with Gasteiger partial charge in [0.2, 0.25) is 0 Å². The Hall–Kier alpha value is -3.76. The third kappa shape index (κ3) is 4.25. The fraction of sp³-hybridized carbons (Fsp3) is 0.269. The van der Waals surface area contributed by atoms with Crippen LogP contribution in [0, 0.1) is 16.7 Å². The molecule has 1 aliphatic heterocycles. The van der Waals surface area contributed by atoms with Crippen LogP contribution in [0.15, 0.2) is 71.2 Å². The van der Waals surface area contributed by atoms with E-state index in [1.165, 1.54) is 5.01 Å². The van der Waals surface area contributed by atoms with Crippen LogP contribution in [0.2, 0.25) is 5.02 Å². The van der Waals surface area contributed by atoms with Crippen LogP contribution in [0.1, 0.15) is 48.5 Å². The van der Waals surface area contributed by atoms with Gasteiger partial charge >= 0.3 is 0 Å². The summed E-state index contributed by atoms with van der Waals surface area (Å²) in [6, 6.07) is 15.8. The summed E-state index contributed by atoms with van der Waals surface area (Å²) in [5.74, 6) is -0.370. The largest absolute Gasteiger partial charge is 0.497 e. The molecule has 34 heavy (non-hydrogen) atoms. The van der Waals surface area contributed by atoms with Gasteiger partial charge in [0.05, 0.1) is 30.4 Å². The van der Waals surface area contributed by atoms with E-state index in [1.54, 1.807) is 43.5 Å². The molecule has 0 saturated carbocycles. The molecule has 1 unspecified atom stereocenters. The molecule has 1 heterocycles. The van der Waals surface area contributed by atoms with Crippen LogP contribution in [0.5, 0.6) is 5.75 Å². The quantitative estimate of drug-likeness (QED) is 0.675. The summed E-state index contributed by atoms with van der Waals surface area (Å²) in [4.78, 5) is 26.5. The molecule has 0 radical (unpaired) electrons. The maximum absolute atomic E-state index is 13.4. The number of methoxy groups -OCH3 is 1. The highest BCUT2D eigenvalue weighted by atomic mass is 35.5. The number of nitrogens with two attached hydrogens (primary N) is 1. The Kier molecular flexibility index (Phi) is 6.11. The predicted octanol–water partition coefficient (Wildman–Crippen LogP) is 4.43. The van der Waals surface area contributed by atoms with Gasteiger partial charge in [0.1, 0.15) is 11.6 Å². The van der Waals surface area contributed by atoms with Crippen molar-refractivity contribution in [2.75, 3.05) is 7.11 Å². The zero-order valence-electron chi connectivity index (χ0n) is 19.2. The first-order chi connectivity index (χ1) is 16.1. The van der Waals surface area contributed by atoms with Crippen LogP contribution in [0.3, 0.4) is 0 Å². The maximum atomic E-state index is 13.4. The summed E-state index contributed by atoms with van der Waals surface area (Å²) in [7, 11) is 1.57. The predicted molar refractivity (Wildman–Crippen MR) is 128 cm³/mol. The van der Waals surface area contributed by atoms with Crippen LogP contribution in [-0.4, -0.2) is 23.8 Å². The van der Waals surface area contributed by atoms with E-state index in [0.29, 0.717) is 40.4 Å². The van der Waals surface area contributed by atoms with Crippen molar-refractivity contribution in [3.63, 3.8) is 0 Å². The Balaban J connectivity index is 1.83. The van der Waals surface area contributed by atoms with E-state index in [2.05, 4.69) is 11.5 Å². The molecule has 4 rings (SSSR count). The molecule has 1 amide bonds. The molecule has 2 aromatic rings. The third-order valence-electron chi connectivity index (χ3n) is 6.15. The van der Waals surface area contributed by atoms with Crippen molar-refractivity contribution in [3.05, 3.63) is 87.3 Å². The number of nitriles is 1. The van der Waals surface area contributed by atoms with Crippen molar-refractivity contribution in [1.82, 2.24) is 10.4 Å². The number of hydrogen-bond donors (Lipinski definition) is 2. The summed E-state index contributed by atoms with van der Waals surface area (Å²) < 4.78 is 5.25. The number of Topliss-reactive ketones (excluding diaryl/α,β-unsaturated/α-hetero) is 1. The fourth-order valence-corrected chi connectivity index (χ4v) is 4.66. The van der Waals surface area contributed by atoms with E-state index in [4.69, 9.17) is 22.1 Å². The SMILES string of the molecule is COc1ccc(C2C(C#N)=C(N)N(NC(=O)c3ccc(Cl)cc3)C3=C2C(=O)CC(C)(C)C3)cc1. The Bertz CT molecular complexity index is 1250. The molecule has 0 spiro atoms. The number of benzene rings is 2. The summed E-state index contributed by atoms with van der Waals surface area (Å²) in [5.41, 5.74) is 11.4. The standard InChI is InChI=1S/C26H25ClN4O3/c1-26(2)12-20-23(21(32)13-26)22(15-6-10-18(34-3)11-7-15)19(14-28)24(29)31(20)30-25(33)16-4-8-17(27)9-5-16/h4-11,22H,12-13,29H2,1-3H3,(H,30,33). The fourth-order valence-electron chi connectivity index (χ4n) is 4.53. The van der Waals surface area contributed by atoms with Crippen LogP contribution in [0.25, 0.3) is 0 Å². The number of ketones is 1. The average Bonchev–Trinajstić information content (AvgIpc) is 2.80. The van der Waals surface area contributed by atoms with Gasteiger partial charge in [-0.05, 0) is 53.8 Å². The lowest BCUT2D eigenvalue weighted by molar-refractivity contribution is -0.118. The normalized spacial score (nSPS) is 19.4. The van der Waals surface area contributed by atoms with Crippen molar-refractivity contribution < 1.29 is 14.3 Å². The minimum Gasteiger partial charge on any atom is -0.497 e. The Morgan fingerprint density at radius 2 is 1.82 bits per heavy atom. The number of allylic oxidation sites excluding steroid dienone is 3. The molecule has 2 aromatic carbocycles. The molecular weight excluding hydrogens is 452 g/mol. The molecular formula is C26H25ClN4O3. The van der Waals surface area contributed by atoms with Crippen molar-refractivity contribution >= 4 is 23.3 Å². The third-order valence-corrected chi connectivity index (χ3v) is 6.40. The molecule has 0 aromatic heterocycles. The highest BCUT2D eigenvalue weighted by Gasteiger charge is 2.44. The molecule has 0 fully saturated rings. The first kappa shape index (κ1) is 23.4. The van der Waals surface area contributed by atoms with Gasteiger partial charge in [-0.2, -0.15) is 5.26 Å². The number of hydrazine groups is 1. The van der Waals surface area contributed by atoms with E-state index < -0.39 is 11.8 Å². The van der Waals surface area contributed by atoms with Gasteiger partial charge in [-0.15, -0.1) is 0 Å². The van der Waals surface area contributed by atoms with Crippen LogP contribution in [0.4, 0.5) is 0 Å². The van der Waals surface area contributed by atoms with Crippen molar-refractivity contribution in [2.45, 2.75) is 32.6 Å². The molecule has 3 N–H and O–H groups in total. The molecule has 8 heteroatoms. The van der Waals surface area contributed by atoms with E-state index >= 15 is 0 Å². The summed E-state index contributed by atoms with van der Waals surface area (Å²) in [6.45, 7) is 3.99. The lowest BCUT2D eigenvalue weighted by Crippen LogP contribution is -2.49. The van der Waals surface area contributed by atoms with Gasteiger partial charge in [-0.25, -0.2) is 5.01 Å². The smallest absolute Gasteiger partial charge is 0.270 e. The summed E-state index contributed by atoms with van der Waals surface area (Å²) in [6.07, 6.45) is 0.830.